The molecule has 0 spiro atoms. The molecule has 2 aliphatic carbocycles. The van der Waals surface area contributed by atoms with Crippen LogP contribution in [0.1, 0.15) is 51.4 Å². The third-order valence-corrected chi connectivity index (χ3v) is 3.54. The van der Waals surface area contributed by atoms with Crippen molar-refractivity contribution >= 4 is 0 Å². The molecule has 14 heavy (non-hydrogen) atoms. The quantitative estimate of drug-likeness (QED) is 0.642. The van der Waals surface area contributed by atoms with Gasteiger partial charge in [0.05, 0.1) is 0 Å². The maximum absolute atomic E-state index is 14.2. The third-order valence-electron chi connectivity index (χ3n) is 3.54. The third kappa shape index (κ3) is 2.00. The lowest BCUT2D eigenvalue weighted by Gasteiger charge is -2.41. The summed E-state index contributed by atoms with van der Waals surface area (Å²) in [6.45, 7) is 0. The number of rotatable bonds is 1. The zero-order valence-corrected chi connectivity index (χ0v) is 8.77. The molecule has 0 aromatic rings. The highest BCUT2D eigenvalue weighted by molar-refractivity contribution is 5.23. The maximum atomic E-state index is 14.2. The normalized spacial score (nSPS) is 39.3. The van der Waals surface area contributed by atoms with Gasteiger partial charge in [0.1, 0.15) is 5.67 Å². The summed E-state index contributed by atoms with van der Waals surface area (Å²) in [4.78, 5) is 0. The van der Waals surface area contributed by atoms with Crippen LogP contribution in [-0.4, -0.2) is 11.7 Å². The van der Waals surface area contributed by atoms with Crippen LogP contribution in [0.4, 0.5) is 4.39 Å². The van der Waals surface area contributed by atoms with Crippen LogP contribution in [0.15, 0.2) is 11.6 Å². The Morgan fingerprint density at radius 2 is 1.93 bits per heavy atom. The second kappa shape index (κ2) is 4.01. The fourth-order valence-corrected chi connectivity index (χ4v) is 2.63. The Kier molecular flexibility index (Phi) is 2.91. The molecule has 0 aromatic heterocycles. The molecule has 0 radical (unpaired) electrons. The van der Waals surface area contributed by atoms with Gasteiger partial charge in [-0.25, -0.2) is 4.39 Å². The molecule has 80 valence electrons. The van der Waals surface area contributed by atoms with Crippen molar-refractivity contribution in [2.24, 2.45) is 5.73 Å². The van der Waals surface area contributed by atoms with Crippen molar-refractivity contribution in [1.82, 2.24) is 0 Å². The van der Waals surface area contributed by atoms with E-state index in [4.69, 9.17) is 5.73 Å². The number of halogens is 1. The van der Waals surface area contributed by atoms with Gasteiger partial charge in [-0.15, -0.1) is 0 Å². The fourth-order valence-electron chi connectivity index (χ4n) is 2.63. The summed E-state index contributed by atoms with van der Waals surface area (Å²) in [6, 6.07) is 0.103. The Bertz CT molecular complexity index is 228. The summed E-state index contributed by atoms with van der Waals surface area (Å²) in [5.41, 5.74) is 5.70. The predicted octanol–water partition coefficient (Wildman–Crippen LogP) is 3.10. The average molecular weight is 197 g/mol. The summed E-state index contributed by atoms with van der Waals surface area (Å²) in [5, 5.41) is 0. The van der Waals surface area contributed by atoms with Gasteiger partial charge in [-0.05, 0) is 31.3 Å². The van der Waals surface area contributed by atoms with Crippen molar-refractivity contribution in [2.75, 3.05) is 0 Å². The lowest BCUT2D eigenvalue weighted by Crippen LogP contribution is -2.49. The van der Waals surface area contributed by atoms with E-state index in [1.165, 1.54) is 19.3 Å². The van der Waals surface area contributed by atoms with Crippen LogP contribution < -0.4 is 5.73 Å². The van der Waals surface area contributed by atoms with Crippen LogP contribution in [0.2, 0.25) is 0 Å². The molecule has 2 N–H and O–H groups in total. The van der Waals surface area contributed by atoms with Crippen LogP contribution >= 0.6 is 0 Å². The molecule has 2 rings (SSSR count). The highest BCUT2D eigenvalue weighted by Gasteiger charge is 2.45. The summed E-state index contributed by atoms with van der Waals surface area (Å²) in [7, 11) is 0. The number of hydrogen-bond donors (Lipinski definition) is 1. The molecule has 0 aromatic carbocycles. The minimum atomic E-state index is -1.02. The van der Waals surface area contributed by atoms with Gasteiger partial charge >= 0.3 is 0 Å². The highest BCUT2D eigenvalue weighted by atomic mass is 19.1. The van der Waals surface area contributed by atoms with E-state index in [0.717, 1.165) is 24.8 Å². The molecular weight excluding hydrogens is 177 g/mol. The second-order valence-corrected chi connectivity index (χ2v) is 4.82. The minimum absolute atomic E-state index is 0.103. The van der Waals surface area contributed by atoms with Crippen LogP contribution in [0.5, 0.6) is 0 Å². The molecular formula is C12H20FN. The van der Waals surface area contributed by atoms with Crippen molar-refractivity contribution in [3.8, 4) is 0 Å². The highest BCUT2D eigenvalue weighted by Crippen LogP contribution is 2.43. The molecule has 1 fully saturated rings. The summed E-state index contributed by atoms with van der Waals surface area (Å²) >= 11 is 0. The van der Waals surface area contributed by atoms with E-state index in [0.29, 0.717) is 12.8 Å². The Morgan fingerprint density at radius 1 is 1.21 bits per heavy atom. The first-order valence-corrected chi connectivity index (χ1v) is 5.85. The van der Waals surface area contributed by atoms with Crippen LogP contribution in [0.25, 0.3) is 0 Å². The number of nitrogens with two attached hydrogens (primary N) is 1. The smallest absolute Gasteiger partial charge is 0.135 e. The van der Waals surface area contributed by atoms with Gasteiger partial charge in [0.2, 0.25) is 0 Å². The zero-order valence-electron chi connectivity index (χ0n) is 8.77. The van der Waals surface area contributed by atoms with Gasteiger partial charge in [-0.3, -0.25) is 0 Å². The SMILES string of the molecule is NC1CC(F)(C2=CCCCCCC2)C1. The number of alkyl halides is 1. The van der Waals surface area contributed by atoms with Crippen molar-refractivity contribution in [1.29, 1.82) is 0 Å². The molecule has 0 bridgehead atoms. The first kappa shape index (κ1) is 10.2. The van der Waals surface area contributed by atoms with E-state index in [2.05, 4.69) is 6.08 Å². The van der Waals surface area contributed by atoms with Crippen molar-refractivity contribution in [3.05, 3.63) is 11.6 Å². The van der Waals surface area contributed by atoms with Gasteiger partial charge in [0, 0.05) is 18.9 Å². The van der Waals surface area contributed by atoms with Gasteiger partial charge in [0.15, 0.2) is 0 Å². The molecule has 1 nitrogen and oxygen atoms in total. The Morgan fingerprint density at radius 3 is 2.64 bits per heavy atom. The predicted molar refractivity (Wildman–Crippen MR) is 56.8 cm³/mol. The van der Waals surface area contributed by atoms with E-state index in [9.17, 15) is 4.39 Å². The molecule has 2 heteroatoms. The Labute approximate surface area is 85.6 Å². The Balaban J connectivity index is 2.00. The average Bonchev–Trinajstić information content (AvgIpc) is 1.99. The van der Waals surface area contributed by atoms with E-state index >= 15 is 0 Å². The molecule has 0 amide bonds. The zero-order chi connectivity index (χ0) is 10.0. The van der Waals surface area contributed by atoms with E-state index < -0.39 is 5.67 Å². The standard InChI is InChI=1S/C12H20FN/c13-12(8-11(14)9-12)10-6-4-2-1-3-5-7-10/h6,11H,1-5,7-9,14H2. The molecule has 1 saturated carbocycles. The first-order valence-electron chi connectivity index (χ1n) is 5.85. The minimum Gasteiger partial charge on any atom is -0.327 e. The van der Waals surface area contributed by atoms with Gasteiger partial charge < -0.3 is 5.73 Å². The number of hydrogen-bond acceptors (Lipinski definition) is 1. The Hall–Kier alpha value is -0.370. The van der Waals surface area contributed by atoms with Crippen molar-refractivity contribution in [2.45, 2.75) is 63.1 Å². The second-order valence-electron chi connectivity index (χ2n) is 4.82. The van der Waals surface area contributed by atoms with Crippen LogP contribution in [0, 0.1) is 0 Å². The lowest BCUT2D eigenvalue weighted by molar-refractivity contribution is 0.0780. The van der Waals surface area contributed by atoms with Gasteiger partial charge in [-0.2, -0.15) is 0 Å². The van der Waals surface area contributed by atoms with Gasteiger partial charge in [0.25, 0.3) is 0 Å². The molecule has 0 heterocycles. The topological polar surface area (TPSA) is 26.0 Å². The largest absolute Gasteiger partial charge is 0.327 e. The van der Waals surface area contributed by atoms with Crippen molar-refractivity contribution in [3.63, 3.8) is 0 Å². The fraction of sp³-hybridized carbons (Fsp3) is 0.833. The summed E-state index contributed by atoms with van der Waals surface area (Å²) in [5.74, 6) is 0. The monoisotopic (exact) mass is 197 g/mol. The molecule has 0 saturated heterocycles. The maximum Gasteiger partial charge on any atom is 0.135 e. The molecule has 0 aliphatic heterocycles. The first-order chi connectivity index (χ1) is 6.71. The summed E-state index contributed by atoms with van der Waals surface area (Å²) in [6.07, 6.45) is 10.2. The lowest BCUT2D eigenvalue weighted by atomic mass is 9.71. The van der Waals surface area contributed by atoms with Gasteiger partial charge in [-0.1, -0.05) is 18.9 Å². The molecule has 2 aliphatic rings. The molecule has 0 unspecified atom stereocenters. The van der Waals surface area contributed by atoms with E-state index in [1.54, 1.807) is 0 Å². The molecule has 0 atom stereocenters. The summed E-state index contributed by atoms with van der Waals surface area (Å²) < 4.78 is 14.2. The van der Waals surface area contributed by atoms with Crippen LogP contribution in [0.3, 0.4) is 0 Å². The van der Waals surface area contributed by atoms with Crippen LogP contribution in [-0.2, 0) is 0 Å². The number of allylic oxidation sites excluding steroid dienone is 2. The van der Waals surface area contributed by atoms with E-state index in [-0.39, 0.29) is 6.04 Å². The van der Waals surface area contributed by atoms with Crippen molar-refractivity contribution < 1.29 is 4.39 Å². The van der Waals surface area contributed by atoms with E-state index in [1.807, 2.05) is 0 Å².